The van der Waals surface area contributed by atoms with Crippen LogP contribution in [0.15, 0.2) is 33.4 Å². The van der Waals surface area contributed by atoms with Crippen LogP contribution in [-0.2, 0) is 0 Å². The second kappa shape index (κ2) is 6.49. The van der Waals surface area contributed by atoms with Crippen molar-refractivity contribution < 1.29 is 13.9 Å². The minimum atomic E-state index is -0.364. The third-order valence-corrected chi connectivity index (χ3v) is 3.80. The number of hydrogen-bond donors (Lipinski definition) is 2. The van der Waals surface area contributed by atoms with Gasteiger partial charge in [0, 0.05) is 0 Å². The summed E-state index contributed by atoms with van der Waals surface area (Å²) >= 11 is 9.61. The Morgan fingerprint density at radius 2 is 2.10 bits per heavy atom. The average Bonchev–Trinajstić information content (AvgIpc) is 2.85. The van der Waals surface area contributed by atoms with Crippen LogP contribution < -0.4 is 20.7 Å². The summed E-state index contributed by atoms with van der Waals surface area (Å²) in [7, 11) is 3.08. The molecule has 5 nitrogen and oxygen atoms in total. The van der Waals surface area contributed by atoms with E-state index < -0.39 is 0 Å². The van der Waals surface area contributed by atoms with Crippen molar-refractivity contribution in [3.05, 3.63) is 45.3 Å². The SMILES string of the molecule is COc1cc(C(NN)c2occc2Br)cc(Cl)c1OC. The van der Waals surface area contributed by atoms with E-state index in [0.717, 1.165) is 10.0 Å². The van der Waals surface area contributed by atoms with Gasteiger partial charge >= 0.3 is 0 Å². The lowest BCUT2D eigenvalue weighted by Gasteiger charge is -2.18. The molecule has 0 radical (unpaired) electrons. The van der Waals surface area contributed by atoms with Crippen LogP contribution in [0.1, 0.15) is 17.4 Å². The Morgan fingerprint density at radius 3 is 2.60 bits per heavy atom. The molecule has 108 valence electrons. The van der Waals surface area contributed by atoms with Gasteiger partial charge in [0.05, 0.1) is 30.0 Å². The van der Waals surface area contributed by atoms with Crippen LogP contribution in [0.4, 0.5) is 0 Å². The summed E-state index contributed by atoms with van der Waals surface area (Å²) in [4.78, 5) is 0. The van der Waals surface area contributed by atoms with Crippen molar-refractivity contribution in [2.75, 3.05) is 14.2 Å². The predicted octanol–water partition coefficient (Wildman–Crippen LogP) is 3.27. The van der Waals surface area contributed by atoms with Crippen LogP contribution in [0.25, 0.3) is 0 Å². The Labute approximate surface area is 130 Å². The normalized spacial score (nSPS) is 12.2. The molecule has 0 aliphatic heterocycles. The van der Waals surface area contributed by atoms with Crippen molar-refractivity contribution in [1.29, 1.82) is 0 Å². The number of nitrogens with one attached hydrogen (secondary N) is 1. The van der Waals surface area contributed by atoms with Gasteiger partial charge in [-0.25, -0.2) is 5.43 Å². The molecule has 0 aliphatic rings. The van der Waals surface area contributed by atoms with E-state index in [4.69, 9.17) is 31.3 Å². The Bertz CT molecular complexity index is 603. The van der Waals surface area contributed by atoms with E-state index in [1.807, 2.05) is 0 Å². The van der Waals surface area contributed by atoms with E-state index in [0.29, 0.717) is 22.3 Å². The lowest BCUT2D eigenvalue weighted by Crippen LogP contribution is -2.28. The maximum Gasteiger partial charge on any atom is 0.179 e. The van der Waals surface area contributed by atoms with Crippen LogP contribution in [0.2, 0.25) is 5.02 Å². The summed E-state index contributed by atoms with van der Waals surface area (Å²) in [6.07, 6.45) is 1.58. The summed E-state index contributed by atoms with van der Waals surface area (Å²) in [5, 5.41) is 0.435. The lowest BCUT2D eigenvalue weighted by molar-refractivity contribution is 0.354. The largest absolute Gasteiger partial charge is 0.493 e. The van der Waals surface area contributed by atoms with Crippen LogP contribution in [0.3, 0.4) is 0 Å². The van der Waals surface area contributed by atoms with E-state index in [9.17, 15) is 0 Å². The van der Waals surface area contributed by atoms with Gasteiger partial charge in [-0.1, -0.05) is 11.6 Å². The fourth-order valence-electron chi connectivity index (χ4n) is 1.94. The van der Waals surface area contributed by atoms with Crippen molar-refractivity contribution in [3.8, 4) is 11.5 Å². The highest BCUT2D eigenvalue weighted by Crippen LogP contribution is 2.39. The van der Waals surface area contributed by atoms with Gasteiger partial charge in [0.25, 0.3) is 0 Å². The lowest BCUT2D eigenvalue weighted by atomic mass is 10.0. The van der Waals surface area contributed by atoms with Crippen LogP contribution in [-0.4, -0.2) is 14.2 Å². The van der Waals surface area contributed by atoms with Crippen molar-refractivity contribution in [3.63, 3.8) is 0 Å². The maximum absolute atomic E-state index is 6.20. The smallest absolute Gasteiger partial charge is 0.179 e. The van der Waals surface area contributed by atoms with Gasteiger partial charge in [-0.15, -0.1) is 0 Å². The highest BCUT2D eigenvalue weighted by molar-refractivity contribution is 9.10. The fraction of sp³-hybridized carbons (Fsp3) is 0.231. The molecule has 0 bridgehead atoms. The first-order chi connectivity index (χ1) is 9.62. The third-order valence-electron chi connectivity index (χ3n) is 2.86. The molecule has 1 aromatic heterocycles. The zero-order valence-corrected chi connectivity index (χ0v) is 13.3. The van der Waals surface area contributed by atoms with Gasteiger partial charge in [-0.3, -0.25) is 5.84 Å². The van der Waals surface area contributed by atoms with Gasteiger partial charge in [-0.2, -0.15) is 0 Å². The summed E-state index contributed by atoms with van der Waals surface area (Å²) in [6.45, 7) is 0. The van der Waals surface area contributed by atoms with E-state index in [1.54, 1.807) is 31.6 Å². The minimum absolute atomic E-state index is 0.364. The van der Waals surface area contributed by atoms with Crippen molar-refractivity contribution >= 4 is 27.5 Å². The van der Waals surface area contributed by atoms with E-state index >= 15 is 0 Å². The first-order valence-corrected chi connectivity index (χ1v) is 6.89. The molecule has 0 saturated carbocycles. The summed E-state index contributed by atoms with van der Waals surface area (Å²) < 4.78 is 16.7. The topological polar surface area (TPSA) is 69.7 Å². The highest BCUT2D eigenvalue weighted by Gasteiger charge is 2.22. The molecule has 20 heavy (non-hydrogen) atoms. The van der Waals surface area contributed by atoms with Crippen LogP contribution in [0, 0.1) is 0 Å². The number of nitrogens with two attached hydrogens (primary N) is 1. The fourth-order valence-corrected chi connectivity index (χ4v) is 2.67. The number of rotatable bonds is 5. The van der Waals surface area contributed by atoms with E-state index in [1.165, 1.54) is 7.11 Å². The van der Waals surface area contributed by atoms with Crippen molar-refractivity contribution in [2.45, 2.75) is 6.04 Å². The number of ether oxygens (including phenoxy) is 2. The molecule has 0 fully saturated rings. The third kappa shape index (κ3) is 2.78. The Balaban J connectivity index is 2.51. The van der Waals surface area contributed by atoms with Crippen molar-refractivity contribution in [2.24, 2.45) is 5.84 Å². The van der Waals surface area contributed by atoms with E-state index in [2.05, 4.69) is 21.4 Å². The maximum atomic E-state index is 6.20. The van der Waals surface area contributed by atoms with Crippen LogP contribution in [0.5, 0.6) is 11.5 Å². The molecule has 0 amide bonds. The molecule has 3 N–H and O–H groups in total. The second-order valence-electron chi connectivity index (χ2n) is 3.97. The minimum Gasteiger partial charge on any atom is -0.493 e. The molecule has 0 saturated heterocycles. The number of hydrazine groups is 1. The molecular formula is C13H14BrClN2O3. The highest BCUT2D eigenvalue weighted by atomic mass is 79.9. The molecular weight excluding hydrogens is 348 g/mol. The first-order valence-electron chi connectivity index (χ1n) is 5.72. The second-order valence-corrected chi connectivity index (χ2v) is 5.23. The zero-order chi connectivity index (χ0) is 14.7. The quantitative estimate of drug-likeness (QED) is 0.632. The number of benzene rings is 1. The Kier molecular flexibility index (Phi) is 4.93. The van der Waals surface area contributed by atoms with Gasteiger partial charge in [0.1, 0.15) is 11.8 Å². The molecule has 0 aliphatic carbocycles. The predicted molar refractivity (Wildman–Crippen MR) is 80.1 cm³/mol. The molecule has 2 aromatic rings. The standard InChI is InChI=1S/C13H14BrClN2O3/c1-18-10-6-7(5-9(15)13(10)19-2)11(17-16)12-8(14)3-4-20-12/h3-6,11,17H,16H2,1-2H3. The monoisotopic (exact) mass is 360 g/mol. The van der Waals surface area contributed by atoms with Gasteiger partial charge in [-0.05, 0) is 39.7 Å². The summed E-state index contributed by atoms with van der Waals surface area (Å²) in [6, 6.07) is 4.98. The Hall–Kier alpha value is -1.21. The van der Waals surface area contributed by atoms with Crippen molar-refractivity contribution in [1.82, 2.24) is 5.43 Å². The molecule has 1 aromatic carbocycles. The number of halogens is 2. The van der Waals surface area contributed by atoms with E-state index in [-0.39, 0.29) is 6.04 Å². The molecule has 1 unspecified atom stereocenters. The Morgan fingerprint density at radius 1 is 1.35 bits per heavy atom. The molecule has 1 heterocycles. The van der Waals surface area contributed by atoms with Gasteiger partial charge in [0.2, 0.25) is 0 Å². The summed E-state index contributed by atoms with van der Waals surface area (Å²) in [5.74, 6) is 7.28. The number of furan rings is 1. The van der Waals surface area contributed by atoms with Gasteiger partial charge in [0.15, 0.2) is 11.5 Å². The first kappa shape index (κ1) is 15.2. The summed E-state index contributed by atoms with van der Waals surface area (Å²) in [5.41, 5.74) is 3.50. The van der Waals surface area contributed by atoms with Gasteiger partial charge < -0.3 is 13.9 Å². The average molecular weight is 362 g/mol. The van der Waals surface area contributed by atoms with Crippen LogP contribution >= 0.6 is 27.5 Å². The molecule has 7 heteroatoms. The number of methoxy groups -OCH3 is 2. The number of hydrogen-bond acceptors (Lipinski definition) is 5. The molecule has 2 rings (SSSR count). The zero-order valence-electron chi connectivity index (χ0n) is 10.9. The molecule has 1 atom stereocenters. The molecule has 0 spiro atoms.